The van der Waals surface area contributed by atoms with Gasteiger partial charge in [-0.05, 0) is 12.8 Å². The maximum Gasteiger partial charge on any atom is 0.0169 e. The topological polar surface area (TPSA) is 0 Å². The van der Waals surface area contributed by atoms with Crippen LogP contribution in [0.25, 0.3) is 0 Å². The van der Waals surface area contributed by atoms with Crippen LogP contribution in [-0.2, 0) is 0 Å². The molecule has 0 N–H and O–H groups in total. The molecule has 1 aliphatic heterocycles. The van der Waals surface area contributed by atoms with Gasteiger partial charge in [0, 0.05) is 21.0 Å². The van der Waals surface area contributed by atoms with Crippen LogP contribution >= 0.6 is 23.5 Å². The fraction of sp³-hybridized carbons (Fsp3) is 1.00. The molecule has 0 bridgehead atoms. The number of hydrogen-bond acceptors (Lipinski definition) is 2. The van der Waals surface area contributed by atoms with Gasteiger partial charge in [-0.1, -0.05) is 26.7 Å². The van der Waals surface area contributed by atoms with Crippen molar-refractivity contribution >= 4 is 23.5 Å². The Hall–Kier alpha value is 0.700. The molecule has 0 aromatic carbocycles. The van der Waals surface area contributed by atoms with Crippen LogP contribution in [0.5, 0.6) is 0 Å². The largest absolute Gasteiger partial charge is 0.153 e. The molecule has 70 valence electrons. The molecule has 1 aliphatic carbocycles. The van der Waals surface area contributed by atoms with Crippen molar-refractivity contribution in [1.82, 2.24) is 0 Å². The molecule has 12 heavy (non-hydrogen) atoms. The van der Waals surface area contributed by atoms with Crippen molar-refractivity contribution in [1.29, 1.82) is 0 Å². The highest BCUT2D eigenvalue weighted by atomic mass is 32.2. The van der Waals surface area contributed by atoms with E-state index in [0.29, 0.717) is 0 Å². The second-order valence-corrected chi connectivity index (χ2v) is 7.29. The summed E-state index contributed by atoms with van der Waals surface area (Å²) in [5.41, 5.74) is 0. The third-order valence-electron chi connectivity index (χ3n) is 3.08. The minimum atomic E-state index is 0.884. The molecule has 1 saturated heterocycles. The zero-order chi connectivity index (χ0) is 8.55. The Morgan fingerprint density at radius 1 is 0.833 bits per heavy atom. The van der Waals surface area contributed by atoms with E-state index in [1.54, 1.807) is 0 Å². The third-order valence-corrected chi connectivity index (χ3v) is 6.93. The predicted octanol–water partition coefficient (Wildman–Crippen LogP) is 3.55. The summed E-state index contributed by atoms with van der Waals surface area (Å²) in [6, 6.07) is 0. The highest BCUT2D eigenvalue weighted by Crippen LogP contribution is 2.46. The van der Waals surface area contributed by atoms with Crippen LogP contribution in [0.2, 0.25) is 0 Å². The van der Waals surface area contributed by atoms with Gasteiger partial charge in [0.05, 0.1) is 0 Å². The number of rotatable bonds is 0. The van der Waals surface area contributed by atoms with Gasteiger partial charge >= 0.3 is 0 Å². The van der Waals surface area contributed by atoms with E-state index in [1.165, 1.54) is 25.7 Å². The van der Waals surface area contributed by atoms with Crippen LogP contribution in [0.15, 0.2) is 0 Å². The summed E-state index contributed by atoms with van der Waals surface area (Å²) in [6.07, 6.45) is 5.93. The Bertz CT molecular complexity index is 140. The standard InChI is InChI=1S/C10H18S2/c1-7-8(2)12-10-6-4-3-5-9(10)11-7/h7-10H,3-6H2,1-2H3. The zero-order valence-corrected chi connectivity index (χ0v) is 9.59. The molecular formula is C10H18S2. The molecule has 0 spiro atoms. The lowest BCUT2D eigenvalue weighted by molar-refractivity contribution is 0.521. The number of fused-ring (bicyclic) bond motifs is 1. The molecule has 4 atom stereocenters. The van der Waals surface area contributed by atoms with E-state index in [9.17, 15) is 0 Å². The van der Waals surface area contributed by atoms with Gasteiger partial charge < -0.3 is 0 Å². The van der Waals surface area contributed by atoms with E-state index in [1.807, 2.05) is 0 Å². The van der Waals surface area contributed by atoms with Crippen molar-refractivity contribution in [2.24, 2.45) is 0 Å². The van der Waals surface area contributed by atoms with Gasteiger partial charge in [0.15, 0.2) is 0 Å². The van der Waals surface area contributed by atoms with Crippen molar-refractivity contribution in [2.75, 3.05) is 0 Å². The van der Waals surface area contributed by atoms with Gasteiger partial charge in [0.1, 0.15) is 0 Å². The molecule has 0 radical (unpaired) electrons. The number of thioether (sulfide) groups is 2. The summed E-state index contributed by atoms with van der Waals surface area (Å²) < 4.78 is 0. The minimum Gasteiger partial charge on any atom is -0.153 e. The average Bonchev–Trinajstić information content (AvgIpc) is 2.07. The summed E-state index contributed by atoms with van der Waals surface area (Å²) in [7, 11) is 0. The van der Waals surface area contributed by atoms with Crippen molar-refractivity contribution in [3.05, 3.63) is 0 Å². The Morgan fingerprint density at radius 3 is 1.67 bits per heavy atom. The fourth-order valence-electron chi connectivity index (χ4n) is 2.15. The van der Waals surface area contributed by atoms with E-state index in [0.717, 1.165) is 21.0 Å². The maximum absolute atomic E-state index is 2.40. The van der Waals surface area contributed by atoms with Gasteiger partial charge in [-0.25, -0.2) is 0 Å². The second-order valence-electron chi connectivity index (χ2n) is 4.04. The molecule has 0 nitrogen and oxygen atoms in total. The Labute approximate surface area is 84.3 Å². The molecule has 1 heterocycles. The van der Waals surface area contributed by atoms with E-state index in [2.05, 4.69) is 37.4 Å². The van der Waals surface area contributed by atoms with Crippen LogP contribution in [0.3, 0.4) is 0 Å². The van der Waals surface area contributed by atoms with Crippen LogP contribution < -0.4 is 0 Å². The summed E-state index contributed by atoms with van der Waals surface area (Å²) in [5, 5.41) is 3.76. The SMILES string of the molecule is CC1SC2CCCCC2SC1C. The summed E-state index contributed by atoms with van der Waals surface area (Å²) in [4.78, 5) is 0. The molecule has 2 rings (SSSR count). The molecule has 2 aliphatic rings. The first-order valence-electron chi connectivity index (χ1n) is 5.08. The van der Waals surface area contributed by atoms with E-state index in [4.69, 9.17) is 0 Å². The van der Waals surface area contributed by atoms with Crippen molar-refractivity contribution in [3.63, 3.8) is 0 Å². The summed E-state index contributed by atoms with van der Waals surface area (Å²) in [6.45, 7) is 4.79. The lowest BCUT2D eigenvalue weighted by Crippen LogP contribution is -2.35. The summed E-state index contributed by atoms with van der Waals surface area (Å²) >= 11 is 4.52. The quantitative estimate of drug-likeness (QED) is 0.589. The fourth-order valence-corrected chi connectivity index (χ4v) is 5.69. The first kappa shape index (κ1) is 9.26. The predicted molar refractivity (Wildman–Crippen MR) is 60.2 cm³/mol. The molecule has 1 saturated carbocycles. The zero-order valence-electron chi connectivity index (χ0n) is 7.95. The third kappa shape index (κ3) is 1.79. The monoisotopic (exact) mass is 202 g/mol. The van der Waals surface area contributed by atoms with Gasteiger partial charge in [-0.3, -0.25) is 0 Å². The minimum absolute atomic E-state index is 0.884. The first-order chi connectivity index (χ1) is 5.77. The van der Waals surface area contributed by atoms with Crippen LogP contribution in [0.4, 0.5) is 0 Å². The Morgan fingerprint density at radius 2 is 1.25 bits per heavy atom. The maximum atomic E-state index is 2.40. The normalized spacial score (nSPS) is 48.5. The Balaban J connectivity index is 1.98. The molecule has 0 amide bonds. The molecule has 2 fully saturated rings. The molecular weight excluding hydrogens is 184 g/mol. The average molecular weight is 202 g/mol. The highest BCUT2D eigenvalue weighted by molar-refractivity contribution is 8.07. The van der Waals surface area contributed by atoms with E-state index in [-0.39, 0.29) is 0 Å². The first-order valence-corrected chi connectivity index (χ1v) is 6.97. The molecule has 0 aromatic heterocycles. The van der Waals surface area contributed by atoms with Gasteiger partial charge in [0.2, 0.25) is 0 Å². The Kier molecular flexibility index (Phi) is 2.96. The van der Waals surface area contributed by atoms with E-state index >= 15 is 0 Å². The van der Waals surface area contributed by atoms with Gasteiger partial charge in [-0.2, -0.15) is 23.5 Å². The lowest BCUT2D eigenvalue weighted by Gasteiger charge is -2.40. The van der Waals surface area contributed by atoms with Gasteiger partial charge in [0.25, 0.3) is 0 Å². The number of hydrogen-bond donors (Lipinski definition) is 0. The van der Waals surface area contributed by atoms with Crippen LogP contribution in [0, 0.1) is 0 Å². The molecule has 2 heteroatoms. The van der Waals surface area contributed by atoms with Crippen molar-refractivity contribution in [3.8, 4) is 0 Å². The second kappa shape index (κ2) is 3.83. The molecule has 0 aromatic rings. The van der Waals surface area contributed by atoms with Crippen LogP contribution in [-0.4, -0.2) is 21.0 Å². The van der Waals surface area contributed by atoms with Crippen LogP contribution in [0.1, 0.15) is 39.5 Å². The summed E-state index contributed by atoms with van der Waals surface area (Å²) in [5.74, 6) is 0. The lowest BCUT2D eigenvalue weighted by atomic mass is 10.00. The highest BCUT2D eigenvalue weighted by Gasteiger charge is 2.35. The van der Waals surface area contributed by atoms with Gasteiger partial charge in [-0.15, -0.1) is 0 Å². The van der Waals surface area contributed by atoms with Crippen molar-refractivity contribution in [2.45, 2.75) is 60.5 Å². The van der Waals surface area contributed by atoms with Crippen molar-refractivity contribution < 1.29 is 0 Å². The molecule has 4 unspecified atom stereocenters. The smallest absolute Gasteiger partial charge is 0.0169 e. The van der Waals surface area contributed by atoms with E-state index < -0.39 is 0 Å².